The topological polar surface area (TPSA) is 57.5 Å². The fraction of sp³-hybridized carbons (Fsp3) is 0.435. The van der Waals surface area contributed by atoms with Crippen LogP contribution in [0, 0.1) is 5.92 Å². The minimum atomic E-state index is -0.802. The number of allylic oxidation sites excluding steroid dienone is 10. The SMILES string of the molecule is CC/C=C\CC(C)/C=C/C=C\C/C=C\C=C\[C@H](O)C/C=C\CCC(=O)O. The van der Waals surface area contributed by atoms with Crippen LogP contribution in [0.15, 0.2) is 72.9 Å². The minimum absolute atomic E-state index is 0.128. The molecule has 144 valence electrons. The molecule has 0 radical (unpaired) electrons. The molecule has 0 aliphatic rings. The summed E-state index contributed by atoms with van der Waals surface area (Å²) >= 11 is 0. The maximum atomic E-state index is 10.3. The highest BCUT2D eigenvalue weighted by molar-refractivity contribution is 5.66. The van der Waals surface area contributed by atoms with Gasteiger partial charge in [-0.3, -0.25) is 4.79 Å². The lowest BCUT2D eigenvalue weighted by Gasteiger charge is -1.99. The van der Waals surface area contributed by atoms with E-state index in [0.717, 1.165) is 19.3 Å². The third-order valence-corrected chi connectivity index (χ3v) is 3.52. The van der Waals surface area contributed by atoms with E-state index in [2.05, 4.69) is 50.3 Å². The normalized spacial score (nSPS) is 15.5. The molecule has 0 aromatic carbocycles. The molecule has 0 bridgehead atoms. The Morgan fingerprint density at radius 3 is 2.19 bits per heavy atom. The Kier molecular flexibility index (Phi) is 16.2. The van der Waals surface area contributed by atoms with E-state index in [1.165, 1.54) is 0 Å². The van der Waals surface area contributed by atoms with E-state index in [0.29, 0.717) is 18.8 Å². The first-order chi connectivity index (χ1) is 12.6. The van der Waals surface area contributed by atoms with Crippen LogP contribution in [0.5, 0.6) is 0 Å². The van der Waals surface area contributed by atoms with Gasteiger partial charge in [-0.1, -0.05) is 86.8 Å². The molecular formula is C23H34O3. The number of carbonyl (C=O) groups is 1. The number of carboxylic acids is 1. The number of aliphatic hydroxyl groups is 1. The smallest absolute Gasteiger partial charge is 0.303 e. The Morgan fingerprint density at radius 2 is 1.54 bits per heavy atom. The first-order valence-electron chi connectivity index (χ1n) is 9.42. The third-order valence-electron chi connectivity index (χ3n) is 3.52. The highest BCUT2D eigenvalue weighted by Crippen LogP contribution is 2.05. The average molecular weight is 359 g/mol. The van der Waals surface area contributed by atoms with Crippen molar-refractivity contribution in [3.8, 4) is 0 Å². The Morgan fingerprint density at radius 1 is 0.885 bits per heavy atom. The fourth-order valence-electron chi connectivity index (χ4n) is 2.03. The minimum Gasteiger partial charge on any atom is -0.481 e. The van der Waals surface area contributed by atoms with Gasteiger partial charge in [0.2, 0.25) is 0 Å². The summed E-state index contributed by atoms with van der Waals surface area (Å²) in [6, 6.07) is 0. The van der Waals surface area contributed by atoms with Gasteiger partial charge >= 0.3 is 5.97 Å². The molecule has 0 amide bonds. The maximum absolute atomic E-state index is 10.3. The van der Waals surface area contributed by atoms with Gasteiger partial charge in [-0.2, -0.15) is 0 Å². The van der Waals surface area contributed by atoms with Gasteiger partial charge in [0.1, 0.15) is 0 Å². The quantitative estimate of drug-likeness (QED) is 0.306. The van der Waals surface area contributed by atoms with Crippen LogP contribution in [0.3, 0.4) is 0 Å². The van der Waals surface area contributed by atoms with Gasteiger partial charge in [-0.05, 0) is 38.0 Å². The van der Waals surface area contributed by atoms with Crippen molar-refractivity contribution in [3.63, 3.8) is 0 Å². The van der Waals surface area contributed by atoms with Crippen molar-refractivity contribution in [2.45, 2.75) is 58.5 Å². The van der Waals surface area contributed by atoms with Gasteiger partial charge < -0.3 is 10.2 Å². The largest absolute Gasteiger partial charge is 0.481 e. The fourth-order valence-corrected chi connectivity index (χ4v) is 2.03. The monoisotopic (exact) mass is 358 g/mol. The van der Waals surface area contributed by atoms with Crippen LogP contribution in [0.1, 0.15) is 52.4 Å². The zero-order chi connectivity index (χ0) is 19.5. The van der Waals surface area contributed by atoms with Gasteiger partial charge in [0.25, 0.3) is 0 Å². The highest BCUT2D eigenvalue weighted by Gasteiger charge is 1.95. The molecule has 2 N–H and O–H groups in total. The number of aliphatic hydroxyl groups excluding tert-OH is 1. The van der Waals surface area contributed by atoms with Crippen LogP contribution in [0.4, 0.5) is 0 Å². The summed E-state index contributed by atoms with van der Waals surface area (Å²) < 4.78 is 0. The second kappa shape index (κ2) is 17.7. The van der Waals surface area contributed by atoms with Gasteiger partial charge in [-0.25, -0.2) is 0 Å². The molecule has 0 aliphatic carbocycles. The summed E-state index contributed by atoms with van der Waals surface area (Å²) in [6.45, 7) is 4.35. The van der Waals surface area contributed by atoms with Gasteiger partial charge in [0.05, 0.1) is 6.10 Å². The lowest BCUT2D eigenvalue weighted by atomic mass is 10.1. The number of aliphatic carboxylic acids is 1. The molecule has 0 saturated carbocycles. The van der Waals surface area contributed by atoms with E-state index in [-0.39, 0.29) is 6.42 Å². The molecule has 0 rings (SSSR count). The van der Waals surface area contributed by atoms with E-state index in [1.807, 2.05) is 24.3 Å². The highest BCUT2D eigenvalue weighted by atomic mass is 16.4. The molecule has 0 aliphatic heterocycles. The van der Waals surface area contributed by atoms with Gasteiger partial charge in [0.15, 0.2) is 0 Å². The molecule has 0 heterocycles. The summed E-state index contributed by atoms with van der Waals surface area (Å²) in [6.07, 6.45) is 27.6. The van der Waals surface area contributed by atoms with Crippen LogP contribution in [0.2, 0.25) is 0 Å². The van der Waals surface area contributed by atoms with Crippen LogP contribution < -0.4 is 0 Å². The molecule has 0 spiro atoms. The molecule has 0 aromatic rings. The number of rotatable bonds is 14. The van der Waals surface area contributed by atoms with E-state index >= 15 is 0 Å². The van der Waals surface area contributed by atoms with Crippen molar-refractivity contribution in [1.29, 1.82) is 0 Å². The first kappa shape index (κ1) is 23.9. The Balaban J connectivity index is 3.85. The zero-order valence-electron chi connectivity index (χ0n) is 16.1. The van der Waals surface area contributed by atoms with Crippen LogP contribution >= 0.6 is 0 Å². The van der Waals surface area contributed by atoms with Crippen molar-refractivity contribution in [2.75, 3.05) is 0 Å². The number of carboxylic acid groups (broad SMARTS) is 1. The number of hydrogen-bond acceptors (Lipinski definition) is 2. The molecule has 0 saturated heterocycles. The standard InChI is InChI=1S/C23H34O3/c1-3-4-11-16-21(2)17-12-8-6-5-7-9-13-18-22(24)19-14-10-15-20-23(25)26/h4,6-14,17-18,21-22,24H,3,5,15-16,19-20H2,1-2H3,(H,25,26)/b8-6-,9-7-,11-4-,14-10-,17-12+,18-13+/t21?,22-/m0/s1. The van der Waals surface area contributed by atoms with E-state index < -0.39 is 12.1 Å². The van der Waals surface area contributed by atoms with Crippen LogP contribution in [-0.2, 0) is 4.79 Å². The number of hydrogen-bond donors (Lipinski definition) is 2. The molecule has 1 unspecified atom stereocenters. The maximum Gasteiger partial charge on any atom is 0.303 e. The van der Waals surface area contributed by atoms with Crippen molar-refractivity contribution >= 4 is 5.97 Å². The van der Waals surface area contributed by atoms with Gasteiger partial charge in [-0.15, -0.1) is 0 Å². The zero-order valence-corrected chi connectivity index (χ0v) is 16.1. The van der Waals surface area contributed by atoms with Crippen molar-refractivity contribution in [2.24, 2.45) is 5.92 Å². The molecular weight excluding hydrogens is 324 g/mol. The van der Waals surface area contributed by atoms with E-state index in [4.69, 9.17) is 5.11 Å². The third kappa shape index (κ3) is 18.2. The average Bonchev–Trinajstić information content (AvgIpc) is 2.60. The summed E-state index contributed by atoms with van der Waals surface area (Å²) in [5.41, 5.74) is 0. The summed E-state index contributed by atoms with van der Waals surface area (Å²) in [7, 11) is 0. The Labute approximate surface area is 158 Å². The van der Waals surface area contributed by atoms with Crippen molar-refractivity contribution in [1.82, 2.24) is 0 Å². The van der Waals surface area contributed by atoms with Crippen LogP contribution in [-0.4, -0.2) is 22.3 Å². The molecule has 3 nitrogen and oxygen atoms in total. The summed E-state index contributed by atoms with van der Waals surface area (Å²) in [4.78, 5) is 10.3. The van der Waals surface area contributed by atoms with E-state index in [9.17, 15) is 9.90 Å². The lowest BCUT2D eigenvalue weighted by Crippen LogP contribution is -1.99. The van der Waals surface area contributed by atoms with Crippen LogP contribution in [0.25, 0.3) is 0 Å². The van der Waals surface area contributed by atoms with Crippen molar-refractivity contribution in [3.05, 3.63) is 72.9 Å². The Bertz CT molecular complexity index is 522. The molecule has 0 fully saturated rings. The second-order valence-corrected chi connectivity index (χ2v) is 6.16. The molecule has 0 aromatic heterocycles. The first-order valence-corrected chi connectivity index (χ1v) is 9.42. The lowest BCUT2D eigenvalue weighted by molar-refractivity contribution is -0.136. The predicted octanol–water partition coefficient (Wildman–Crippen LogP) is 5.77. The van der Waals surface area contributed by atoms with E-state index in [1.54, 1.807) is 12.2 Å². The van der Waals surface area contributed by atoms with Gasteiger partial charge in [0, 0.05) is 6.42 Å². The molecule has 26 heavy (non-hydrogen) atoms. The molecule has 3 heteroatoms. The second-order valence-electron chi connectivity index (χ2n) is 6.16. The Hall–Kier alpha value is -2.13. The summed E-state index contributed by atoms with van der Waals surface area (Å²) in [5, 5.41) is 18.3. The summed E-state index contributed by atoms with van der Waals surface area (Å²) in [5.74, 6) is -0.246. The van der Waals surface area contributed by atoms with Crippen molar-refractivity contribution < 1.29 is 15.0 Å². The predicted molar refractivity (Wildman–Crippen MR) is 111 cm³/mol. The molecule has 2 atom stereocenters.